The van der Waals surface area contributed by atoms with Crippen LogP contribution in [0.4, 0.5) is 0 Å². The molecule has 5 heteroatoms. The molecule has 0 unspecified atom stereocenters. The topological polar surface area (TPSA) is 66.0 Å². The molecule has 96 valence electrons. The van der Waals surface area contributed by atoms with Gasteiger partial charge in [-0.15, -0.1) is 0 Å². The van der Waals surface area contributed by atoms with Crippen LogP contribution in [0.2, 0.25) is 0 Å². The van der Waals surface area contributed by atoms with E-state index in [-0.39, 0.29) is 6.04 Å². The highest BCUT2D eigenvalue weighted by Gasteiger charge is 2.12. The van der Waals surface area contributed by atoms with Gasteiger partial charge in [0, 0.05) is 25.4 Å². The number of pyridine rings is 1. The van der Waals surface area contributed by atoms with Crippen molar-refractivity contribution < 1.29 is 4.74 Å². The van der Waals surface area contributed by atoms with Crippen LogP contribution >= 0.6 is 0 Å². The maximum Gasteiger partial charge on any atom is 0.219 e. The van der Waals surface area contributed by atoms with Crippen LogP contribution in [0, 0.1) is 13.8 Å². The molecule has 1 atom stereocenters. The van der Waals surface area contributed by atoms with Crippen molar-refractivity contribution in [1.29, 1.82) is 0 Å². The first-order chi connectivity index (χ1) is 8.49. The summed E-state index contributed by atoms with van der Waals surface area (Å²) in [6.07, 6.45) is 1.74. The maximum absolute atomic E-state index is 5.77. The van der Waals surface area contributed by atoms with Crippen LogP contribution in [0.25, 0.3) is 0 Å². The van der Waals surface area contributed by atoms with E-state index in [2.05, 4.69) is 10.1 Å². The van der Waals surface area contributed by atoms with Crippen LogP contribution in [-0.2, 0) is 7.05 Å². The summed E-state index contributed by atoms with van der Waals surface area (Å²) < 4.78 is 7.55. The summed E-state index contributed by atoms with van der Waals surface area (Å²) in [6, 6.07) is 3.73. The number of aryl methyl sites for hydroxylation is 2. The molecule has 0 radical (unpaired) electrons. The van der Waals surface area contributed by atoms with E-state index in [1.54, 1.807) is 10.9 Å². The molecule has 2 aromatic heterocycles. The van der Waals surface area contributed by atoms with Gasteiger partial charge < -0.3 is 10.5 Å². The van der Waals surface area contributed by atoms with Crippen LogP contribution in [0.3, 0.4) is 0 Å². The molecule has 0 aliphatic carbocycles. The van der Waals surface area contributed by atoms with Gasteiger partial charge in [0.2, 0.25) is 5.88 Å². The predicted molar refractivity (Wildman–Crippen MR) is 69.6 cm³/mol. The Labute approximate surface area is 107 Å². The van der Waals surface area contributed by atoms with E-state index in [4.69, 9.17) is 10.5 Å². The Morgan fingerprint density at radius 3 is 2.50 bits per heavy atom. The molecular formula is C13H18N4O. The number of ether oxygens (including phenoxy) is 1. The van der Waals surface area contributed by atoms with Crippen molar-refractivity contribution in [3.8, 4) is 11.6 Å². The molecule has 0 bridgehead atoms. The third-order valence-electron chi connectivity index (χ3n) is 2.93. The van der Waals surface area contributed by atoms with Crippen LogP contribution in [0.1, 0.15) is 29.9 Å². The van der Waals surface area contributed by atoms with Crippen LogP contribution < -0.4 is 10.5 Å². The van der Waals surface area contributed by atoms with Crippen molar-refractivity contribution in [2.24, 2.45) is 12.8 Å². The minimum Gasteiger partial charge on any atom is -0.435 e. The molecule has 0 aliphatic heterocycles. The van der Waals surface area contributed by atoms with Crippen molar-refractivity contribution in [1.82, 2.24) is 14.8 Å². The Morgan fingerprint density at radius 1 is 1.33 bits per heavy atom. The fourth-order valence-electron chi connectivity index (χ4n) is 1.73. The van der Waals surface area contributed by atoms with Gasteiger partial charge in [-0.1, -0.05) is 6.07 Å². The molecule has 0 saturated carbocycles. The van der Waals surface area contributed by atoms with Crippen molar-refractivity contribution in [2.75, 3.05) is 0 Å². The molecule has 0 saturated heterocycles. The first-order valence-corrected chi connectivity index (χ1v) is 5.88. The van der Waals surface area contributed by atoms with E-state index in [1.165, 1.54) is 0 Å². The fraction of sp³-hybridized carbons (Fsp3) is 0.385. The van der Waals surface area contributed by atoms with Gasteiger partial charge in [0.25, 0.3) is 0 Å². The zero-order chi connectivity index (χ0) is 13.3. The lowest BCUT2D eigenvalue weighted by Gasteiger charge is -2.07. The zero-order valence-corrected chi connectivity index (χ0v) is 11.1. The van der Waals surface area contributed by atoms with Gasteiger partial charge in [0.05, 0.1) is 5.69 Å². The molecule has 2 heterocycles. The Bertz CT molecular complexity index is 543. The van der Waals surface area contributed by atoms with E-state index in [0.717, 1.165) is 22.7 Å². The maximum atomic E-state index is 5.77. The van der Waals surface area contributed by atoms with Gasteiger partial charge in [-0.05, 0) is 26.3 Å². The predicted octanol–water partition coefficient (Wildman–Crippen LogP) is 2.24. The molecule has 2 N–H and O–H groups in total. The average Bonchev–Trinajstić information content (AvgIpc) is 2.57. The molecule has 18 heavy (non-hydrogen) atoms. The summed E-state index contributed by atoms with van der Waals surface area (Å²) in [5.41, 5.74) is 8.59. The summed E-state index contributed by atoms with van der Waals surface area (Å²) >= 11 is 0. The van der Waals surface area contributed by atoms with Crippen molar-refractivity contribution in [3.05, 3.63) is 35.3 Å². The lowest BCUT2D eigenvalue weighted by Crippen LogP contribution is -2.05. The fourth-order valence-corrected chi connectivity index (χ4v) is 1.73. The standard InChI is InChI=1S/C13H18N4O/c1-8(14)11-5-6-12(15-7-11)18-13-9(2)16-17(4)10(13)3/h5-8H,14H2,1-4H3/t8-/m1/s1. The SMILES string of the molecule is Cc1nn(C)c(C)c1Oc1ccc([C@@H](C)N)cn1. The quantitative estimate of drug-likeness (QED) is 0.902. The summed E-state index contributed by atoms with van der Waals surface area (Å²) in [4.78, 5) is 4.25. The van der Waals surface area contributed by atoms with E-state index in [1.807, 2.05) is 40.0 Å². The molecule has 2 rings (SSSR count). The van der Waals surface area contributed by atoms with Crippen molar-refractivity contribution >= 4 is 0 Å². The van der Waals surface area contributed by atoms with E-state index >= 15 is 0 Å². The van der Waals surface area contributed by atoms with Crippen molar-refractivity contribution in [2.45, 2.75) is 26.8 Å². The molecule has 0 amide bonds. The number of hydrogen-bond donors (Lipinski definition) is 1. The van der Waals surface area contributed by atoms with Gasteiger partial charge in [-0.3, -0.25) is 4.68 Å². The van der Waals surface area contributed by atoms with Gasteiger partial charge in [-0.2, -0.15) is 5.10 Å². The molecule has 5 nitrogen and oxygen atoms in total. The highest BCUT2D eigenvalue weighted by atomic mass is 16.5. The van der Waals surface area contributed by atoms with Gasteiger partial charge >= 0.3 is 0 Å². The smallest absolute Gasteiger partial charge is 0.219 e. The number of hydrogen-bond acceptors (Lipinski definition) is 4. The number of nitrogens with two attached hydrogens (primary N) is 1. The first kappa shape index (κ1) is 12.6. The third kappa shape index (κ3) is 2.36. The third-order valence-corrected chi connectivity index (χ3v) is 2.93. The molecule has 0 spiro atoms. The van der Waals surface area contributed by atoms with Crippen LogP contribution in [-0.4, -0.2) is 14.8 Å². The van der Waals surface area contributed by atoms with Crippen LogP contribution in [0.5, 0.6) is 11.6 Å². The van der Waals surface area contributed by atoms with E-state index in [9.17, 15) is 0 Å². The summed E-state index contributed by atoms with van der Waals surface area (Å²) in [5, 5.41) is 4.30. The molecule has 0 fully saturated rings. The normalized spacial score (nSPS) is 12.5. The monoisotopic (exact) mass is 246 g/mol. The second-order valence-corrected chi connectivity index (χ2v) is 4.44. The summed E-state index contributed by atoms with van der Waals surface area (Å²) in [5.74, 6) is 1.32. The average molecular weight is 246 g/mol. The van der Waals surface area contributed by atoms with Crippen LogP contribution in [0.15, 0.2) is 18.3 Å². The zero-order valence-electron chi connectivity index (χ0n) is 11.1. The highest BCUT2D eigenvalue weighted by Crippen LogP contribution is 2.26. The molecule has 2 aromatic rings. The largest absolute Gasteiger partial charge is 0.435 e. The molecule has 0 aliphatic rings. The van der Waals surface area contributed by atoms with Gasteiger partial charge in [-0.25, -0.2) is 4.98 Å². The number of aromatic nitrogens is 3. The van der Waals surface area contributed by atoms with E-state index < -0.39 is 0 Å². The number of nitrogens with zero attached hydrogens (tertiary/aromatic N) is 3. The summed E-state index contributed by atoms with van der Waals surface area (Å²) in [6.45, 7) is 5.80. The molecular weight excluding hydrogens is 228 g/mol. The Morgan fingerprint density at radius 2 is 2.06 bits per heavy atom. The lowest BCUT2D eigenvalue weighted by molar-refractivity contribution is 0.454. The molecule has 0 aromatic carbocycles. The Kier molecular flexibility index (Phi) is 3.34. The second kappa shape index (κ2) is 4.78. The van der Waals surface area contributed by atoms with Gasteiger partial charge in [0.1, 0.15) is 5.69 Å². The highest BCUT2D eigenvalue weighted by molar-refractivity contribution is 5.35. The minimum absolute atomic E-state index is 0.0200. The Balaban J connectivity index is 2.23. The lowest BCUT2D eigenvalue weighted by atomic mass is 10.2. The number of rotatable bonds is 3. The Hall–Kier alpha value is -1.88. The van der Waals surface area contributed by atoms with E-state index in [0.29, 0.717) is 5.88 Å². The van der Waals surface area contributed by atoms with Crippen molar-refractivity contribution in [3.63, 3.8) is 0 Å². The first-order valence-electron chi connectivity index (χ1n) is 5.88. The second-order valence-electron chi connectivity index (χ2n) is 4.44. The van der Waals surface area contributed by atoms with Gasteiger partial charge in [0.15, 0.2) is 5.75 Å². The minimum atomic E-state index is -0.0200. The summed E-state index contributed by atoms with van der Waals surface area (Å²) in [7, 11) is 1.89.